The van der Waals surface area contributed by atoms with Gasteiger partial charge in [0.15, 0.2) is 0 Å². The van der Waals surface area contributed by atoms with Crippen molar-refractivity contribution in [2.45, 2.75) is 25.8 Å². The van der Waals surface area contributed by atoms with E-state index >= 15 is 0 Å². The molecule has 0 spiro atoms. The summed E-state index contributed by atoms with van der Waals surface area (Å²) in [5, 5.41) is 0. The minimum atomic E-state index is 0. The van der Waals surface area contributed by atoms with E-state index in [1.54, 1.807) is 0 Å². The number of amides is 1. The molecule has 1 fully saturated rings. The Morgan fingerprint density at radius 2 is 2.16 bits per heavy atom. The van der Waals surface area contributed by atoms with Gasteiger partial charge in [0.2, 0.25) is 0 Å². The van der Waals surface area contributed by atoms with Gasteiger partial charge in [0, 0.05) is 22.7 Å². The van der Waals surface area contributed by atoms with Gasteiger partial charge in [-0.05, 0) is 60.4 Å². The molecule has 2 rings (SSSR count). The van der Waals surface area contributed by atoms with Crippen LogP contribution >= 0.6 is 35.0 Å². The predicted octanol–water partition coefficient (Wildman–Crippen LogP) is 2.91. The SMILES string of the molecule is CC(N)C1CCCN(C(=O)c2ccccc2I)C1.Cl. The normalized spacial score (nSPS) is 20.6. The quantitative estimate of drug-likeness (QED) is 0.784. The largest absolute Gasteiger partial charge is 0.338 e. The lowest BCUT2D eigenvalue weighted by atomic mass is 9.92. The first-order chi connectivity index (χ1) is 8.59. The summed E-state index contributed by atoms with van der Waals surface area (Å²) in [7, 11) is 0. The summed E-state index contributed by atoms with van der Waals surface area (Å²) in [6.07, 6.45) is 2.19. The molecule has 0 radical (unpaired) electrons. The van der Waals surface area contributed by atoms with Crippen molar-refractivity contribution < 1.29 is 4.79 Å². The zero-order chi connectivity index (χ0) is 13.1. The van der Waals surface area contributed by atoms with Crippen LogP contribution in [0, 0.1) is 9.49 Å². The number of hydrogen-bond donors (Lipinski definition) is 1. The molecule has 2 N–H and O–H groups in total. The van der Waals surface area contributed by atoms with E-state index in [0.717, 1.165) is 35.1 Å². The predicted molar refractivity (Wildman–Crippen MR) is 88.7 cm³/mol. The molecule has 1 amide bonds. The van der Waals surface area contributed by atoms with Gasteiger partial charge >= 0.3 is 0 Å². The van der Waals surface area contributed by atoms with Crippen LogP contribution in [0.1, 0.15) is 30.1 Å². The van der Waals surface area contributed by atoms with Crippen LogP contribution in [0.15, 0.2) is 24.3 Å². The van der Waals surface area contributed by atoms with Crippen molar-refractivity contribution in [3.8, 4) is 0 Å². The Bertz CT molecular complexity index is 439. The number of nitrogens with two attached hydrogens (primary N) is 1. The van der Waals surface area contributed by atoms with Crippen LogP contribution in [0.4, 0.5) is 0 Å². The summed E-state index contributed by atoms with van der Waals surface area (Å²) in [6, 6.07) is 7.91. The molecule has 2 atom stereocenters. The average Bonchev–Trinajstić information content (AvgIpc) is 2.38. The summed E-state index contributed by atoms with van der Waals surface area (Å²) < 4.78 is 1.02. The number of benzene rings is 1. The zero-order valence-electron chi connectivity index (χ0n) is 11.0. The first kappa shape index (κ1) is 16.7. The zero-order valence-corrected chi connectivity index (χ0v) is 14.0. The fraction of sp³-hybridized carbons (Fsp3) is 0.500. The highest BCUT2D eigenvalue weighted by Crippen LogP contribution is 2.22. The summed E-state index contributed by atoms with van der Waals surface area (Å²) in [5.41, 5.74) is 6.77. The van der Waals surface area contributed by atoms with Gasteiger partial charge in [-0.25, -0.2) is 0 Å². The van der Waals surface area contributed by atoms with Gasteiger partial charge in [0.25, 0.3) is 5.91 Å². The Labute approximate surface area is 134 Å². The molecular weight excluding hydrogens is 375 g/mol. The molecule has 1 heterocycles. The number of carbonyl (C=O) groups excluding carboxylic acids is 1. The lowest BCUT2D eigenvalue weighted by Gasteiger charge is -2.34. The Hall–Kier alpha value is -0.330. The van der Waals surface area contributed by atoms with Gasteiger partial charge < -0.3 is 10.6 Å². The molecule has 0 saturated carbocycles. The molecule has 19 heavy (non-hydrogen) atoms. The molecule has 0 bridgehead atoms. The molecule has 1 saturated heterocycles. The number of hydrogen-bond acceptors (Lipinski definition) is 2. The van der Waals surface area contributed by atoms with Gasteiger partial charge in [-0.2, -0.15) is 0 Å². The van der Waals surface area contributed by atoms with Gasteiger partial charge in [-0.1, -0.05) is 12.1 Å². The molecule has 2 unspecified atom stereocenters. The van der Waals surface area contributed by atoms with Crippen LogP contribution in [-0.2, 0) is 0 Å². The summed E-state index contributed by atoms with van der Waals surface area (Å²) >= 11 is 2.22. The standard InChI is InChI=1S/C14H19IN2O.ClH/c1-10(16)11-5-4-8-17(9-11)14(18)12-6-2-3-7-13(12)15;/h2-3,6-7,10-11H,4-5,8-9,16H2,1H3;1H. The Morgan fingerprint density at radius 3 is 2.79 bits per heavy atom. The van der Waals surface area contributed by atoms with Crippen LogP contribution < -0.4 is 5.73 Å². The van der Waals surface area contributed by atoms with Gasteiger partial charge in [-0.15, -0.1) is 12.4 Å². The Morgan fingerprint density at radius 1 is 1.47 bits per heavy atom. The van der Waals surface area contributed by atoms with E-state index in [4.69, 9.17) is 5.73 Å². The third-order valence-electron chi connectivity index (χ3n) is 3.59. The van der Waals surface area contributed by atoms with E-state index in [9.17, 15) is 4.79 Å². The van der Waals surface area contributed by atoms with Crippen molar-refractivity contribution in [3.05, 3.63) is 33.4 Å². The van der Waals surface area contributed by atoms with Crippen LogP contribution in [0.2, 0.25) is 0 Å². The maximum atomic E-state index is 12.5. The fourth-order valence-electron chi connectivity index (χ4n) is 2.43. The summed E-state index contributed by atoms with van der Waals surface area (Å²) in [6.45, 7) is 3.68. The van der Waals surface area contributed by atoms with Crippen molar-refractivity contribution >= 4 is 40.9 Å². The molecule has 3 nitrogen and oxygen atoms in total. The lowest BCUT2D eigenvalue weighted by Crippen LogP contribution is -2.45. The minimum Gasteiger partial charge on any atom is -0.338 e. The monoisotopic (exact) mass is 394 g/mol. The highest BCUT2D eigenvalue weighted by atomic mass is 127. The average molecular weight is 395 g/mol. The lowest BCUT2D eigenvalue weighted by molar-refractivity contribution is 0.0660. The second-order valence-electron chi connectivity index (χ2n) is 4.99. The van der Waals surface area contributed by atoms with Crippen molar-refractivity contribution in [1.29, 1.82) is 0 Å². The number of piperidine rings is 1. The van der Waals surface area contributed by atoms with E-state index in [0.29, 0.717) is 5.92 Å². The highest BCUT2D eigenvalue weighted by molar-refractivity contribution is 14.1. The van der Waals surface area contributed by atoms with E-state index in [1.807, 2.05) is 36.1 Å². The van der Waals surface area contributed by atoms with E-state index in [-0.39, 0.29) is 24.4 Å². The second-order valence-corrected chi connectivity index (χ2v) is 6.15. The third kappa shape index (κ3) is 4.07. The van der Waals surface area contributed by atoms with Crippen molar-refractivity contribution in [2.75, 3.05) is 13.1 Å². The topological polar surface area (TPSA) is 46.3 Å². The first-order valence-corrected chi connectivity index (χ1v) is 7.47. The summed E-state index contributed by atoms with van der Waals surface area (Å²) in [5.74, 6) is 0.578. The van der Waals surface area contributed by atoms with E-state index < -0.39 is 0 Å². The smallest absolute Gasteiger partial charge is 0.254 e. The van der Waals surface area contributed by atoms with Crippen LogP contribution in [-0.4, -0.2) is 29.9 Å². The fourth-order valence-corrected chi connectivity index (χ4v) is 3.05. The Kier molecular flexibility index (Phi) is 6.56. The number of nitrogens with zero attached hydrogens (tertiary/aromatic N) is 1. The molecular formula is C14H20ClIN2O. The molecule has 5 heteroatoms. The number of likely N-dealkylation sites (tertiary alicyclic amines) is 1. The van der Waals surface area contributed by atoms with Crippen LogP contribution in [0.3, 0.4) is 0 Å². The van der Waals surface area contributed by atoms with Crippen molar-refractivity contribution in [2.24, 2.45) is 11.7 Å². The van der Waals surface area contributed by atoms with E-state index in [2.05, 4.69) is 22.6 Å². The van der Waals surface area contributed by atoms with Crippen molar-refractivity contribution in [1.82, 2.24) is 4.90 Å². The molecule has 106 valence electrons. The molecule has 1 aliphatic heterocycles. The summed E-state index contributed by atoms with van der Waals surface area (Å²) in [4.78, 5) is 14.4. The number of carbonyl (C=O) groups is 1. The molecule has 0 aromatic heterocycles. The number of rotatable bonds is 2. The van der Waals surface area contributed by atoms with Crippen LogP contribution in [0.25, 0.3) is 0 Å². The first-order valence-electron chi connectivity index (χ1n) is 6.39. The van der Waals surface area contributed by atoms with Crippen LogP contribution in [0.5, 0.6) is 0 Å². The van der Waals surface area contributed by atoms with E-state index in [1.165, 1.54) is 0 Å². The van der Waals surface area contributed by atoms with Gasteiger partial charge in [0.05, 0.1) is 5.56 Å². The minimum absolute atomic E-state index is 0. The van der Waals surface area contributed by atoms with Gasteiger partial charge in [-0.3, -0.25) is 4.79 Å². The Balaban J connectivity index is 0.00000180. The molecule has 1 aromatic carbocycles. The van der Waals surface area contributed by atoms with Gasteiger partial charge in [0.1, 0.15) is 0 Å². The highest BCUT2D eigenvalue weighted by Gasteiger charge is 2.27. The van der Waals surface area contributed by atoms with Crippen molar-refractivity contribution in [3.63, 3.8) is 0 Å². The molecule has 1 aliphatic rings. The number of halogens is 2. The molecule has 1 aromatic rings. The second kappa shape index (κ2) is 7.45. The maximum absolute atomic E-state index is 12.5. The third-order valence-corrected chi connectivity index (χ3v) is 4.53. The maximum Gasteiger partial charge on any atom is 0.254 e. The molecule has 0 aliphatic carbocycles.